The van der Waals surface area contributed by atoms with Crippen LogP contribution in [0.4, 0.5) is 13.2 Å². The molecule has 0 bridgehead atoms. The Labute approximate surface area is 120 Å². The van der Waals surface area contributed by atoms with Gasteiger partial charge in [0.25, 0.3) is 0 Å². The van der Waals surface area contributed by atoms with Crippen molar-refractivity contribution in [2.45, 2.75) is 23.9 Å². The first-order valence-electron chi connectivity index (χ1n) is 5.90. The Kier molecular flexibility index (Phi) is 5.73. The summed E-state index contributed by atoms with van der Waals surface area (Å²) < 4.78 is 67.3. The third-order valence-electron chi connectivity index (χ3n) is 2.57. The summed E-state index contributed by atoms with van der Waals surface area (Å²) in [6.45, 7) is -0.0154. The van der Waals surface area contributed by atoms with Crippen molar-refractivity contribution in [1.82, 2.24) is 4.72 Å². The van der Waals surface area contributed by atoms with Crippen molar-refractivity contribution >= 4 is 16.0 Å². The maximum absolute atomic E-state index is 12.4. The van der Waals surface area contributed by atoms with Gasteiger partial charge in [0.15, 0.2) is 0 Å². The highest BCUT2D eigenvalue weighted by Gasteiger charge is 2.30. The summed E-state index contributed by atoms with van der Waals surface area (Å²) in [6, 6.07) is 3.16. The van der Waals surface area contributed by atoms with Gasteiger partial charge >= 0.3 is 12.1 Å². The molecule has 0 heterocycles. The molecule has 0 aliphatic rings. The van der Waals surface area contributed by atoms with Crippen LogP contribution in [0.25, 0.3) is 0 Å². The number of nitrogens with one attached hydrogen (secondary N) is 1. The van der Waals surface area contributed by atoms with Crippen LogP contribution in [0, 0.1) is 0 Å². The van der Waals surface area contributed by atoms with Crippen LogP contribution < -0.4 is 4.72 Å². The number of alkyl halides is 3. The molecule has 0 spiro atoms. The fraction of sp³-hybridized carbons (Fsp3) is 0.417. The molecule has 0 fully saturated rings. The van der Waals surface area contributed by atoms with E-state index in [-0.39, 0.29) is 24.3 Å². The van der Waals surface area contributed by atoms with Crippen molar-refractivity contribution in [3.05, 3.63) is 29.8 Å². The number of methoxy groups -OCH3 is 1. The molecule has 0 atom stereocenters. The van der Waals surface area contributed by atoms with Crippen molar-refractivity contribution in [3.8, 4) is 0 Å². The Balaban J connectivity index is 2.64. The van der Waals surface area contributed by atoms with Crippen LogP contribution in [0.1, 0.15) is 18.4 Å². The molecule has 1 N–H and O–H groups in total. The predicted octanol–water partition coefficient (Wildman–Crippen LogP) is 1.94. The normalized spacial score (nSPS) is 12.2. The number of rotatable bonds is 6. The second-order valence-corrected chi connectivity index (χ2v) is 5.87. The smallest absolute Gasteiger partial charge is 0.416 e. The summed E-state index contributed by atoms with van der Waals surface area (Å²) in [6.07, 6.45) is -4.24. The molecule has 0 aliphatic carbocycles. The van der Waals surface area contributed by atoms with Gasteiger partial charge in [0.1, 0.15) is 0 Å². The number of ether oxygens (including phenoxy) is 1. The quantitative estimate of drug-likeness (QED) is 0.641. The lowest BCUT2D eigenvalue weighted by molar-refractivity contribution is -0.140. The first-order chi connectivity index (χ1) is 9.66. The van der Waals surface area contributed by atoms with Crippen LogP contribution in [-0.2, 0) is 25.7 Å². The van der Waals surface area contributed by atoms with Crippen molar-refractivity contribution < 1.29 is 31.1 Å². The van der Waals surface area contributed by atoms with E-state index in [1.165, 1.54) is 7.11 Å². The number of halogens is 3. The van der Waals surface area contributed by atoms with E-state index in [4.69, 9.17) is 0 Å². The molecular weight excluding hydrogens is 311 g/mol. The lowest BCUT2D eigenvalue weighted by Crippen LogP contribution is -2.25. The van der Waals surface area contributed by atoms with Gasteiger partial charge in [-0.3, -0.25) is 4.79 Å². The average Bonchev–Trinajstić information content (AvgIpc) is 2.42. The van der Waals surface area contributed by atoms with Gasteiger partial charge in [-0.05, 0) is 30.7 Å². The van der Waals surface area contributed by atoms with Gasteiger partial charge in [-0.15, -0.1) is 0 Å². The molecule has 1 aromatic carbocycles. The zero-order chi connectivity index (χ0) is 16.1. The Morgan fingerprint density at radius 1 is 1.24 bits per heavy atom. The Bertz CT molecular complexity index is 582. The fourth-order valence-corrected chi connectivity index (χ4v) is 2.52. The van der Waals surface area contributed by atoms with E-state index in [9.17, 15) is 26.4 Å². The lowest BCUT2D eigenvalue weighted by Gasteiger charge is -2.09. The average molecular weight is 325 g/mol. The van der Waals surface area contributed by atoms with E-state index in [2.05, 4.69) is 9.46 Å². The van der Waals surface area contributed by atoms with Crippen molar-refractivity contribution in [3.63, 3.8) is 0 Å². The molecule has 118 valence electrons. The van der Waals surface area contributed by atoms with Gasteiger partial charge < -0.3 is 4.74 Å². The van der Waals surface area contributed by atoms with Gasteiger partial charge in [0.2, 0.25) is 10.0 Å². The minimum atomic E-state index is -4.52. The van der Waals surface area contributed by atoms with E-state index >= 15 is 0 Å². The highest BCUT2D eigenvalue weighted by atomic mass is 32.2. The third kappa shape index (κ3) is 5.35. The van der Waals surface area contributed by atoms with Gasteiger partial charge in [0.05, 0.1) is 17.6 Å². The zero-order valence-corrected chi connectivity index (χ0v) is 11.9. The SMILES string of the molecule is COC(=O)CCCNS(=O)(=O)c1ccc(C(F)(F)F)cc1. The van der Waals surface area contributed by atoms with Gasteiger partial charge in [-0.2, -0.15) is 13.2 Å². The number of sulfonamides is 1. The molecule has 1 rings (SSSR count). The van der Waals surface area contributed by atoms with E-state index in [0.29, 0.717) is 12.1 Å². The molecule has 21 heavy (non-hydrogen) atoms. The Morgan fingerprint density at radius 3 is 2.29 bits per heavy atom. The molecule has 0 aromatic heterocycles. The predicted molar refractivity (Wildman–Crippen MR) is 67.9 cm³/mol. The van der Waals surface area contributed by atoms with Crippen LogP contribution in [0.15, 0.2) is 29.2 Å². The number of benzene rings is 1. The molecule has 0 radical (unpaired) electrons. The first-order valence-corrected chi connectivity index (χ1v) is 7.39. The molecular formula is C12H14F3NO4S. The molecule has 9 heteroatoms. The molecule has 0 aliphatic heterocycles. The maximum Gasteiger partial charge on any atom is 0.416 e. The summed E-state index contributed by atoms with van der Waals surface area (Å²) in [5, 5.41) is 0. The van der Waals surface area contributed by atoms with E-state index in [1.54, 1.807) is 0 Å². The summed E-state index contributed by atoms with van der Waals surface area (Å²) in [7, 11) is -2.68. The topological polar surface area (TPSA) is 72.5 Å². The van der Waals surface area contributed by atoms with Gasteiger partial charge in [0, 0.05) is 13.0 Å². The highest BCUT2D eigenvalue weighted by molar-refractivity contribution is 7.89. The lowest BCUT2D eigenvalue weighted by atomic mass is 10.2. The van der Waals surface area contributed by atoms with Crippen LogP contribution in [0.2, 0.25) is 0 Å². The zero-order valence-electron chi connectivity index (χ0n) is 11.1. The summed E-state index contributed by atoms with van der Waals surface area (Å²) in [5.74, 6) is -0.469. The monoisotopic (exact) mass is 325 g/mol. The third-order valence-corrected chi connectivity index (χ3v) is 4.05. The van der Waals surface area contributed by atoms with Crippen LogP contribution in [0.5, 0.6) is 0 Å². The van der Waals surface area contributed by atoms with Crippen LogP contribution in [-0.4, -0.2) is 28.0 Å². The van der Waals surface area contributed by atoms with Crippen LogP contribution >= 0.6 is 0 Å². The second-order valence-electron chi connectivity index (χ2n) is 4.10. The first kappa shape index (κ1) is 17.4. The van der Waals surface area contributed by atoms with E-state index in [0.717, 1.165) is 12.1 Å². The number of carbonyl (C=O) groups is 1. The van der Waals surface area contributed by atoms with E-state index < -0.39 is 27.7 Å². The standard InChI is InChI=1S/C12H14F3NO4S/c1-20-11(17)3-2-8-16-21(18,19)10-6-4-9(5-7-10)12(13,14)15/h4-7,16H,2-3,8H2,1H3. The second kappa shape index (κ2) is 6.90. The van der Waals surface area contributed by atoms with Crippen molar-refractivity contribution in [1.29, 1.82) is 0 Å². The van der Waals surface area contributed by atoms with Gasteiger partial charge in [-0.25, -0.2) is 13.1 Å². The molecule has 0 amide bonds. The van der Waals surface area contributed by atoms with Crippen molar-refractivity contribution in [2.75, 3.05) is 13.7 Å². The summed E-state index contributed by atoms with van der Waals surface area (Å²) in [5.41, 5.74) is -0.924. The number of hydrogen-bond acceptors (Lipinski definition) is 4. The molecule has 0 unspecified atom stereocenters. The van der Waals surface area contributed by atoms with Gasteiger partial charge in [-0.1, -0.05) is 0 Å². The summed E-state index contributed by atoms with van der Waals surface area (Å²) in [4.78, 5) is 10.6. The Hall–Kier alpha value is -1.61. The summed E-state index contributed by atoms with van der Waals surface area (Å²) >= 11 is 0. The van der Waals surface area contributed by atoms with Crippen LogP contribution in [0.3, 0.4) is 0 Å². The molecule has 1 aromatic rings. The minimum absolute atomic E-state index is 0.0154. The Morgan fingerprint density at radius 2 is 1.81 bits per heavy atom. The number of esters is 1. The number of hydrogen-bond donors (Lipinski definition) is 1. The molecule has 5 nitrogen and oxygen atoms in total. The number of carbonyl (C=O) groups excluding carboxylic acids is 1. The minimum Gasteiger partial charge on any atom is -0.469 e. The molecule has 0 saturated heterocycles. The largest absolute Gasteiger partial charge is 0.469 e. The van der Waals surface area contributed by atoms with Crippen molar-refractivity contribution in [2.24, 2.45) is 0 Å². The molecule has 0 saturated carbocycles. The highest BCUT2D eigenvalue weighted by Crippen LogP contribution is 2.29. The maximum atomic E-state index is 12.4. The fourth-order valence-electron chi connectivity index (χ4n) is 1.45. The van der Waals surface area contributed by atoms with E-state index in [1.807, 2.05) is 0 Å².